The molecule has 1 N–H and O–H groups in total. The van der Waals surface area contributed by atoms with Crippen molar-refractivity contribution in [3.63, 3.8) is 0 Å². The summed E-state index contributed by atoms with van der Waals surface area (Å²) in [6, 6.07) is 16.7. The van der Waals surface area contributed by atoms with Crippen LogP contribution in [0.4, 0.5) is 11.4 Å². The number of fused-ring (bicyclic) bond motifs is 1. The summed E-state index contributed by atoms with van der Waals surface area (Å²) in [4.78, 5) is 31.7. The van der Waals surface area contributed by atoms with Crippen LogP contribution < -0.4 is 15.8 Å². The first-order valence-electron chi connectivity index (χ1n) is 11.2. The number of carbonyl (C=O) groups excluding carboxylic acids is 1. The van der Waals surface area contributed by atoms with E-state index in [2.05, 4.69) is 15.4 Å². The van der Waals surface area contributed by atoms with Crippen molar-refractivity contribution >= 4 is 28.4 Å². The number of nitrogens with zero attached hydrogens (tertiary/aromatic N) is 4. The Labute approximate surface area is 196 Å². The fourth-order valence-electron chi connectivity index (χ4n) is 4.10. The fraction of sp³-hybridized carbons (Fsp3) is 0.280. The molecule has 1 unspecified atom stereocenters. The second-order valence-electron chi connectivity index (χ2n) is 8.26. The van der Waals surface area contributed by atoms with Crippen molar-refractivity contribution in [2.24, 2.45) is 5.92 Å². The lowest BCUT2D eigenvalue weighted by atomic mass is 10.1. The Kier molecular flexibility index (Phi) is 6.09. The third-order valence-electron chi connectivity index (χ3n) is 5.96. The number of methoxy groups -OCH3 is 1. The highest BCUT2D eigenvalue weighted by atomic mass is 16.5. The molecule has 0 bridgehead atoms. The molecule has 0 saturated carbocycles. The van der Waals surface area contributed by atoms with Gasteiger partial charge in [0.1, 0.15) is 5.52 Å². The molecule has 2 aromatic heterocycles. The molecule has 1 saturated heterocycles. The number of benzene rings is 2. The van der Waals surface area contributed by atoms with Crippen molar-refractivity contribution in [1.82, 2.24) is 14.8 Å². The molecule has 0 aliphatic carbocycles. The molecular weight excluding hydrogens is 434 g/mol. The summed E-state index contributed by atoms with van der Waals surface area (Å²) in [5.41, 5.74) is 3.45. The van der Waals surface area contributed by atoms with E-state index in [9.17, 15) is 9.59 Å². The van der Waals surface area contributed by atoms with Gasteiger partial charge >= 0.3 is 0 Å². The Morgan fingerprint density at radius 2 is 2.06 bits per heavy atom. The van der Waals surface area contributed by atoms with Gasteiger partial charge in [-0.3, -0.25) is 9.59 Å². The van der Waals surface area contributed by atoms with Crippen molar-refractivity contribution in [2.75, 3.05) is 37.0 Å². The number of amides is 1. The van der Waals surface area contributed by atoms with Crippen molar-refractivity contribution in [3.05, 3.63) is 71.1 Å². The van der Waals surface area contributed by atoms with Crippen LogP contribution in [0.3, 0.4) is 0 Å². The molecule has 1 aliphatic rings. The average Bonchev–Trinajstić information content (AvgIpc) is 3.51. The van der Waals surface area contributed by atoms with Crippen molar-refractivity contribution in [2.45, 2.75) is 13.0 Å². The van der Waals surface area contributed by atoms with Gasteiger partial charge in [0.25, 0.3) is 5.56 Å². The number of aromatic nitrogens is 3. The van der Waals surface area contributed by atoms with Gasteiger partial charge in [0.05, 0.1) is 31.0 Å². The lowest BCUT2D eigenvalue weighted by Gasteiger charge is -2.18. The largest absolute Gasteiger partial charge is 0.436 e. The Balaban J connectivity index is 1.24. The molecule has 2 aromatic carbocycles. The molecule has 4 aromatic rings. The van der Waals surface area contributed by atoms with Crippen LogP contribution in [0.2, 0.25) is 0 Å². The molecule has 9 nitrogen and oxygen atoms in total. The van der Waals surface area contributed by atoms with Crippen LogP contribution in [0.25, 0.3) is 22.6 Å². The topological polar surface area (TPSA) is 102 Å². The Morgan fingerprint density at radius 1 is 1.21 bits per heavy atom. The first-order valence-corrected chi connectivity index (χ1v) is 11.2. The van der Waals surface area contributed by atoms with E-state index in [1.807, 2.05) is 47.4 Å². The maximum Gasteiger partial charge on any atom is 0.268 e. The van der Waals surface area contributed by atoms with E-state index in [1.54, 1.807) is 25.4 Å². The van der Waals surface area contributed by atoms with Crippen molar-refractivity contribution in [1.29, 1.82) is 0 Å². The van der Waals surface area contributed by atoms with Gasteiger partial charge in [-0.05, 0) is 30.7 Å². The van der Waals surface area contributed by atoms with E-state index in [-0.39, 0.29) is 17.4 Å². The van der Waals surface area contributed by atoms with Crippen LogP contribution in [0.15, 0.2) is 70.0 Å². The molecule has 174 valence electrons. The summed E-state index contributed by atoms with van der Waals surface area (Å²) in [7, 11) is 1.58. The van der Waals surface area contributed by atoms with E-state index in [1.165, 1.54) is 4.68 Å². The minimum Gasteiger partial charge on any atom is -0.436 e. The maximum atomic E-state index is 12.9. The van der Waals surface area contributed by atoms with Crippen LogP contribution in [0, 0.1) is 5.92 Å². The predicted octanol–water partition coefficient (Wildman–Crippen LogP) is 3.16. The number of nitrogens with one attached hydrogen (secondary N) is 1. The number of hydrogen-bond acceptors (Lipinski definition) is 7. The molecule has 3 heterocycles. The minimum absolute atomic E-state index is 0.0638. The number of anilines is 2. The summed E-state index contributed by atoms with van der Waals surface area (Å²) >= 11 is 0. The smallest absolute Gasteiger partial charge is 0.268 e. The van der Waals surface area contributed by atoms with E-state index >= 15 is 0 Å². The summed E-state index contributed by atoms with van der Waals surface area (Å²) in [6.45, 7) is 2.04. The highest BCUT2D eigenvalue weighted by Gasteiger charge is 2.29. The normalized spacial score (nSPS) is 15.7. The summed E-state index contributed by atoms with van der Waals surface area (Å²) in [5, 5.41) is 7.21. The molecule has 9 heteroatoms. The molecule has 1 fully saturated rings. The maximum absolute atomic E-state index is 12.9. The van der Waals surface area contributed by atoms with E-state index in [4.69, 9.17) is 9.15 Å². The summed E-state index contributed by atoms with van der Waals surface area (Å²) in [6.07, 6.45) is 2.36. The van der Waals surface area contributed by atoms with Gasteiger partial charge in [-0.15, -0.1) is 0 Å². The van der Waals surface area contributed by atoms with Crippen LogP contribution in [-0.2, 0) is 16.1 Å². The lowest BCUT2D eigenvalue weighted by Crippen LogP contribution is -2.29. The first-order chi connectivity index (χ1) is 16.6. The third-order valence-corrected chi connectivity index (χ3v) is 5.96. The Morgan fingerprint density at radius 3 is 2.85 bits per heavy atom. The molecule has 1 aliphatic heterocycles. The van der Waals surface area contributed by atoms with Gasteiger partial charge in [-0.2, -0.15) is 5.10 Å². The number of rotatable bonds is 7. The second-order valence-corrected chi connectivity index (χ2v) is 8.26. The summed E-state index contributed by atoms with van der Waals surface area (Å²) in [5.74, 6) is 0.288. The van der Waals surface area contributed by atoms with Crippen molar-refractivity contribution < 1.29 is 13.9 Å². The molecule has 5 rings (SSSR count). The van der Waals surface area contributed by atoms with E-state index in [0.29, 0.717) is 49.8 Å². The van der Waals surface area contributed by atoms with Crippen LogP contribution in [-0.4, -0.2) is 47.5 Å². The predicted molar refractivity (Wildman–Crippen MR) is 129 cm³/mol. The monoisotopic (exact) mass is 459 g/mol. The zero-order valence-corrected chi connectivity index (χ0v) is 18.8. The number of hydrogen-bond donors (Lipinski definition) is 1. The lowest BCUT2D eigenvalue weighted by molar-refractivity contribution is -0.119. The van der Waals surface area contributed by atoms with Gasteiger partial charge in [-0.1, -0.05) is 18.2 Å². The second kappa shape index (κ2) is 9.48. The van der Waals surface area contributed by atoms with Crippen LogP contribution in [0.5, 0.6) is 0 Å². The summed E-state index contributed by atoms with van der Waals surface area (Å²) < 4.78 is 12.3. The van der Waals surface area contributed by atoms with Crippen molar-refractivity contribution in [3.8, 4) is 11.5 Å². The molecule has 1 atom stereocenters. The van der Waals surface area contributed by atoms with E-state index in [0.717, 1.165) is 16.8 Å². The molecule has 0 radical (unpaired) electrons. The van der Waals surface area contributed by atoms with Crippen LogP contribution in [0.1, 0.15) is 6.42 Å². The van der Waals surface area contributed by atoms with Gasteiger partial charge in [-0.25, -0.2) is 9.67 Å². The van der Waals surface area contributed by atoms with Gasteiger partial charge in [0, 0.05) is 43.6 Å². The first kappa shape index (κ1) is 21.8. The SMILES string of the molecule is COCCn1ncc(N2CCC(C(=O)Nc3ccc4nc(-c5ccccc5)oc4c3)C2)cc1=O. The Hall–Kier alpha value is -3.98. The standard InChI is InChI=1S/C25H25N5O4/c1-33-12-11-30-23(31)14-20(15-26-30)29-10-9-18(16-29)24(32)27-19-7-8-21-22(13-19)34-25(28-21)17-5-3-2-4-6-17/h2-8,13-15,18H,9-12,16H2,1H3,(H,27,32). The number of oxazole rings is 1. The highest BCUT2D eigenvalue weighted by molar-refractivity contribution is 5.95. The van der Waals surface area contributed by atoms with Gasteiger partial charge in [0.15, 0.2) is 5.58 Å². The van der Waals surface area contributed by atoms with Crippen LogP contribution >= 0.6 is 0 Å². The zero-order chi connectivity index (χ0) is 23.5. The highest BCUT2D eigenvalue weighted by Crippen LogP contribution is 2.27. The van der Waals surface area contributed by atoms with E-state index < -0.39 is 0 Å². The molecule has 34 heavy (non-hydrogen) atoms. The quantitative estimate of drug-likeness (QED) is 0.453. The molecule has 0 spiro atoms. The number of carbonyl (C=O) groups is 1. The Bertz CT molecular complexity index is 1360. The van der Waals surface area contributed by atoms with Gasteiger partial charge < -0.3 is 19.4 Å². The minimum atomic E-state index is -0.193. The third kappa shape index (κ3) is 4.55. The van der Waals surface area contributed by atoms with Gasteiger partial charge in [0.2, 0.25) is 11.8 Å². The average molecular weight is 460 g/mol. The number of ether oxygens (including phenoxy) is 1. The zero-order valence-electron chi connectivity index (χ0n) is 18.8. The molecule has 1 amide bonds. The fourth-order valence-corrected chi connectivity index (χ4v) is 4.10. The molecular formula is C25H25N5O4.